The zero-order chi connectivity index (χ0) is 21.3. The van der Waals surface area contributed by atoms with Crippen LogP contribution in [0.3, 0.4) is 0 Å². The minimum atomic E-state index is -0.379. The van der Waals surface area contributed by atoms with Crippen LogP contribution in [-0.4, -0.2) is 39.2 Å². The first-order valence-corrected chi connectivity index (χ1v) is 9.98. The van der Waals surface area contributed by atoms with Crippen LogP contribution in [0.15, 0.2) is 45.8 Å². The van der Waals surface area contributed by atoms with Gasteiger partial charge in [-0.05, 0) is 56.9 Å². The first kappa shape index (κ1) is 19.9. The number of aromatic nitrogens is 3. The zero-order valence-corrected chi connectivity index (χ0v) is 17.3. The van der Waals surface area contributed by atoms with E-state index in [1.54, 1.807) is 50.3 Å². The van der Waals surface area contributed by atoms with E-state index in [1.807, 2.05) is 12.1 Å². The molecule has 1 fully saturated rings. The summed E-state index contributed by atoms with van der Waals surface area (Å²) in [5.74, 6) is 1.18. The fourth-order valence-electron chi connectivity index (χ4n) is 3.93. The van der Waals surface area contributed by atoms with Gasteiger partial charge >= 0.3 is 0 Å². The van der Waals surface area contributed by atoms with Crippen LogP contribution < -0.4 is 10.3 Å². The standard InChI is InChI=1S/C22H24N4O4/c1-14-11-13-26(16-8-4-5-10-18(16)29-3)22(28)19(14)21(27)25-12-7-6-9-17(25)20-23-15(2)24-30-20/h4-5,8,10-11,13,17H,6-7,9,12H2,1-3H3. The summed E-state index contributed by atoms with van der Waals surface area (Å²) < 4.78 is 12.2. The van der Waals surface area contributed by atoms with E-state index in [4.69, 9.17) is 9.26 Å². The van der Waals surface area contributed by atoms with Crippen molar-refractivity contribution >= 4 is 5.91 Å². The number of nitrogens with zero attached hydrogens (tertiary/aromatic N) is 4. The Morgan fingerprint density at radius 3 is 2.73 bits per heavy atom. The number of rotatable bonds is 4. The van der Waals surface area contributed by atoms with E-state index in [-0.39, 0.29) is 23.1 Å². The topological polar surface area (TPSA) is 90.5 Å². The Kier molecular flexibility index (Phi) is 5.39. The molecule has 8 nitrogen and oxygen atoms in total. The lowest BCUT2D eigenvalue weighted by molar-refractivity contribution is 0.0558. The van der Waals surface area contributed by atoms with Crippen molar-refractivity contribution in [2.45, 2.75) is 39.2 Å². The molecule has 1 aliphatic rings. The average molecular weight is 408 g/mol. The van der Waals surface area contributed by atoms with Crippen LogP contribution in [0.2, 0.25) is 0 Å². The Morgan fingerprint density at radius 1 is 1.20 bits per heavy atom. The molecule has 0 N–H and O–H groups in total. The first-order chi connectivity index (χ1) is 14.5. The van der Waals surface area contributed by atoms with E-state index in [2.05, 4.69) is 10.1 Å². The SMILES string of the molecule is COc1ccccc1-n1ccc(C)c(C(=O)N2CCCCC2c2nc(C)no2)c1=O. The van der Waals surface area contributed by atoms with E-state index in [0.717, 1.165) is 19.3 Å². The quantitative estimate of drug-likeness (QED) is 0.658. The summed E-state index contributed by atoms with van der Waals surface area (Å²) in [6.45, 7) is 4.06. The third kappa shape index (κ3) is 3.49. The highest BCUT2D eigenvalue weighted by Gasteiger charge is 2.34. The molecular weight excluding hydrogens is 384 g/mol. The Hall–Kier alpha value is -3.42. The molecule has 3 heterocycles. The number of carbonyl (C=O) groups excluding carboxylic acids is 1. The number of hydrogen-bond donors (Lipinski definition) is 0. The summed E-state index contributed by atoms with van der Waals surface area (Å²) in [5, 5.41) is 3.86. The normalized spacial score (nSPS) is 16.5. The second-order valence-corrected chi connectivity index (χ2v) is 7.41. The molecule has 4 rings (SSSR count). The van der Waals surface area contributed by atoms with Gasteiger partial charge in [0.15, 0.2) is 5.82 Å². The second kappa shape index (κ2) is 8.14. The van der Waals surface area contributed by atoms with Crippen LogP contribution in [0.1, 0.15) is 52.9 Å². The monoisotopic (exact) mass is 408 g/mol. The van der Waals surface area contributed by atoms with Crippen LogP contribution in [0.5, 0.6) is 5.75 Å². The van der Waals surface area contributed by atoms with Gasteiger partial charge < -0.3 is 14.2 Å². The highest BCUT2D eigenvalue weighted by Crippen LogP contribution is 2.31. The molecule has 156 valence electrons. The number of methoxy groups -OCH3 is 1. The Labute approximate surface area is 174 Å². The number of hydrogen-bond acceptors (Lipinski definition) is 6. The number of likely N-dealkylation sites (tertiary alicyclic amines) is 1. The van der Waals surface area contributed by atoms with Crippen molar-refractivity contribution in [1.29, 1.82) is 0 Å². The van der Waals surface area contributed by atoms with Gasteiger partial charge in [-0.2, -0.15) is 4.98 Å². The molecule has 0 bridgehead atoms. The second-order valence-electron chi connectivity index (χ2n) is 7.41. The maximum atomic E-state index is 13.6. The number of pyridine rings is 1. The van der Waals surface area contributed by atoms with Gasteiger partial charge in [0.1, 0.15) is 17.4 Å². The number of ether oxygens (including phenoxy) is 1. The molecule has 0 spiro atoms. The highest BCUT2D eigenvalue weighted by molar-refractivity contribution is 5.95. The number of piperidine rings is 1. The highest BCUT2D eigenvalue weighted by atomic mass is 16.5. The zero-order valence-electron chi connectivity index (χ0n) is 17.3. The molecule has 1 aliphatic heterocycles. The summed E-state index contributed by atoms with van der Waals surface area (Å²) >= 11 is 0. The molecule has 0 radical (unpaired) electrons. The van der Waals surface area contributed by atoms with Crippen molar-refractivity contribution in [3.05, 3.63) is 69.7 Å². The van der Waals surface area contributed by atoms with Gasteiger partial charge in [0.05, 0.1) is 12.8 Å². The summed E-state index contributed by atoms with van der Waals surface area (Å²) in [6.07, 6.45) is 4.21. The Morgan fingerprint density at radius 2 is 2.00 bits per heavy atom. The maximum absolute atomic E-state index is 13.6. The minimum absolute atomic E-state index is 0.145. The molecule has 30 heavy (non-hydrogen) atoms. The lowest BCUT2D eigenvalue weighted by Gasteiger charge is -2.33. The van der Waals surface area contributed by atoms with Gasteiger partial charge in [0.25, 0.3) is 11.5 Å². The Bertz CT molecular complexity index is 1130. The molecule has 3 aromatic rings. The molecule has 8 heteroatoms. The van der Waals surface area contributed by atoms with Crippen LogP contribution in [0.4, 0.5) is 0 Å². The van der Waals surface area contributed by atoms with Crippen LogP contribution in [-0.2, 0) is 0 Å². The fraction of sp³-hybridized carbons (Fsp3) is 0.364. The predicted octanol–water partition coefficient (Wildman–Crippen LogP) is 3.21. The number of benzene rings is 1. The van der Waals surface area contributed by atoms with Gasteiger partial charge in [0, 0.05) is 12.7 Å². The molecule has 2 aromatic heterocycles. The number of para-hydroxylation sites is 2. The number of aryl methyl sites for hydroxylation is 2. The summed E-state index contributed by atoms with van der Waals surface area (Å²) in [5.41, 5.74) is 0.978. The first-order valence-electron chi connectivity index (χ1n) is 9.98. The lowest BCUT2D eigenvalue weighted by Crippen LogP contribution is -2.42. The van der Waals surface area contributed by atoms with Crippen molar-refractivity contribution in [2.24, 2.45) is 0 Å². The number of amides is 1. The van der Waals surface area contributed by atoms with Crippen molar-refractivity contribution < 1.29 is 14.1 Å². The van der Waals surface area contributed by atoms with Gasteiger partial charge in [-0.25, -0.2) is 0 Å². The molecule has 0 aliphatic carbocycles. The Balaban J connectivity index is 1.78. The van der Waals surface area contributed by atoms with Crippen molar-refractivity contribution in [3.8, 4) is 11.4 Å². The number of carbonyl (C=O) groups is 1. The van der Waals surface area contributed by atoms with Crippen molar-refractivity contribution in [1.82, 2.24) is 19.6 Å². The molecular formula is C22H24N4O4. The average Bonchev–Trinajstić information content (AvgIpc) is 3.20. The van der Waals surface area contributed by atoms with Gasteiger partial charge in [-0.15, -0.1) is 0 Å². The molecule has 0 saturated carbocycles. The van der Waals surface area contributed by atoms with E-state index >= 15 is 0 Å². The third-order valence-electron chi connectivity index (χ3n) is 5.45. The van der Waals surface area contributed by atoms with Crippen molar-refractivity contribution in [3.63, 3.8) is 0 Å². The van der Waals surface area contributed by atoms with Gasteiger partial charge in [-0.1, -0.05) is 17.3 Å². The third-order valence-corrected chi connectivity index (χ3v) is 5.45. The van der Waals surface area contributed by atoms with E-state index in [9.17, 15) is 9.59 Å². The summed E-state index contributed by atoms with van der Waals surface area (Å²) in [7, 11) is 1.55. The van der Waals surface area contributed by atoms with Gasteiger partial charge in [-0.3, -0.25) is 14.2 Å². The molecule has 1 aromatic carbocycles. The molecule has 1 saturated heterocycles. The van der Waals surface area contributed by atoms with E-state index < -0.39 is 0 Å². The van der Waals surface area contributed by atoms with E-state index in [0.29, 0.717) is 35.3 Å². The minimum Gasteiger partial charge on any atom is -0.495 e. The fourth-order valence-corrected chi connectivity index (χ4v) is 3.93. The maximum Gasteiger partial charge on any atom is 0.268 e. The molecule has 1 atom stereocenters. The van der Waals surface area contributed by atoms with E-state index in [1.165, 1.54) is 4.57 Å². The largest absolute Gasteiger partial charge is 0.495 e. The molecule has 1 unspecified atom stereocenters. The van der Waals surface area contributed by atoms with Crippen LogP contribution in [0, 0.1) is 13.8 Å². The summed E-state index contributed by atoms with van der Waals surface area (Å²) in [6, 6.07) is 8.67. The van der Waals surface area contributed by atoms with Crippen molar-refractivity contribution in [2.75, 3.05) is 13.7 Å². The summed E-state index contributed by atoms with van der Waals surface area (Å²) in [4.78, 5) is 33.0. The predicted molar refractivity (Wildman–Crippen MR) is 110 cm³/mol. The van der Waals surface area contributed by atoms with Crippen LogP contribution >= 0.6 is 0 Å². The van der Waals surface area contributed by atoms with Crippen LogP contribution in [0.25, 0.3) is 5.69 Å². The lowest BCUT2D eigenvalue weighted by atomic mass is 10.00. The smallest absolute Gasteiger partial charge is 0.268 e. The molecule has 1 amide bonds. The van der Waals surface area contributed by atoms with Gasteiger partial charge in [0.2, 0.25) is 5.89 Å².